The lowest BCUT2D eigenvalue weighted by Crippen LogP contribution is -2.43. The van der Waals surface area contributed by atoms with Crippen molar-refractivity contribution < 1.29 is 14.6 Å². The fraction of sp³-hybridized carbons (Fsp3) is 0.929. The van der Waals surface area contributed by atoms with Gasteiger partial charge >= 0.3 is 5.97 Å². The summed E-state index contributed by atoms with van der Waals surface area (Å²) < 4.78 is 5.80. The van der Waals surface area contributed by atoms with E-state index in [0.717, 1.165) is 25.7 Å². The quantitative estimate of drug-likeness (QED) is 0.628. The number of unbranched alkanes of at least 4 members (excludes halogenated alkanes) is 3. The number of ether oxygens (including phenoxy) is 1. The van der Waals surface area contributed by atoms with Crippen LogP contribution in [0, 0.1) is 5.92 Å². The Balaban J connectivity index is 2.32. The van der Waals surface area contributed by atoms with Gasteiger partial charge in [0.2, 0.25) is 0 Å². The summed E-state index contributed by atoms with van der Waals surface area (Å²) in [7, 11) is 0. The third-order valence-corrected chi connectivity index (χ3v) is 3.69. The molecule has 100 valence electrons. The molecule has 0 radical (unpaired) electrons. The van der Waals surface area contributed by atoms with E-state index in [9.17, 15) is 9.90 Å². The molecular formula is C14H26O3. The van der Waals surface area contributed by atoms with Gasteiger partial charge in [0.05, 0.1) is 6.10 Å². The van der Waals surface area contributed by atoms with Gasteiger partial charge in [0.1, 0.15) is 0 Å². The molecule has 0 aromatic carbocycles. The van der Waals surface area contributed by atoms with E-state index >= 15 is 0 Å². The lowest BCUT2D eigenvalue weighted by Gasteiger charge is -2.29. The number of hydrogen-bond donors (Lipinski definition) is 1. The van der Waals surface area contributed by atoms with Crippen LogP contribution < -0.4 is 0 Å². The van der Waals surface area contributed by atoms with Crippen molar-refractivity contribution in [2.45, 2.75) is 77.4 Å². The molecule has 17 heavy (non-hydrogen) atoms. The first-order valence-electron chi connectivity index (χ1n) is 6.92. The first-order chi connectivity index (χ1) is 8.00. The molecule has 0 heterocycles. The van der Waals surface area contributed by atoms with Crippen molar-refractivity contribution in [2.24, 2.45) is 5.92 Å². The molecule has 1 saturated carbocycles. The minimum absolute atomic E-state index is 0.0496. The molecule has 0 aromatic rings. The van der Waals surface area contributed by atoms with E-state index < -0.39 is 11.6 Å². The van der Waals surface area contributed by atoms with Crippen molar-refractivity contribution in [3.05, 3.63) is 0 Å². The first kappa shape index (κ1) is 14.5. The van der Waals surface area contributed by atoms with Crippen LogP contribution in [0.25, 0.3) is 0 Å². The maximum atomic E-state index is 11.3. The van der Waals surface area contributed by atoms with Crippen LogP contribution in [0.15, 0.2) is 0 Å². The molecule has 0 amide bonds. The Morgan fingerprint density at radius 3 is 2.53 bits per heavy atom. The van der Waals surface area contributed by atoms with Crippen LogP contribution in [0.5, 0.6) is 0 Å². The first-order valence-corrected chi connectivity index (χ1v) is 6.92. The molecule has 1 fully saturated rings. The highest BCUT2D eigenvalue weighted by Gasteiger charge is 2.49. The zero-order valence-electron chi connectivity index (χ0n) is 11.4. The van der Waals surface area contributed by atoms with Gasteiger partial charge < -0.3 is 9.84 Å². The summed E-state index contributed by atoms with van der Waals surface area (Å²) in [6.45, 7) is 5.92. The van der Waals surface area contributed by atoms with Gasteiger partial charge in [0, 0.05) is 0 Å². The van der Waals surface area contributed by atoms with Gasteiger partial charge in [-0.1, -0.05) is 32.6 Å². The molecule has 0 aromatic heterocycles. The van der Waals surface area contributed by atoms with Crippen molar-refractivity contribution in [3.63, 3.8) is 0 Å². The van der Waals surface area contributed by atoms with Gasteiger partial charge in [-0.05, 0) is 39.0 Å². The van der Waals surface area contributed by atoms with E-state index in [2.05, 4.69) is 6.92 Å². The second-order valence-electron chi connectivity index (χ2n) is 5.46. The molecule has 3 nitrogen and oxygen atoms in total. The van der Waals surface area contributed by atoms with Gasteiger partial charge in [0.15, 0.2) is 5.60 Å². The highest BCUT2D eigenvalue weighted by molar-refractivity contribution is 5.78. The molecule has 1 N–H and O–H groups in total. The molecule has 1 rings (SSSR count). The number of hydrogen-bond acceptors (Lipinski definition) is 2. The molecule has 0 bridgehead atoms. The number of carboxylic acids is 1. The molecule has 0 spiro atoms. The monoisotopic (exact) mass is 242 g/mol. The van der Waals surface area contributed by atoms with Crippen molar-refractivity contribution in [1.82, 2.24) is 0 Å². The Labute approximate surface area is 105 Å². The highest BCUT2D eigenvalue weighted by Crippen LogP contribution is 2.42. The van der Waals surface area contributed by atoms with Gasteiger partial charge in [-0.15, -0.1) is 0 Å². The third kappa shape index (κ3) is 4.30. The summed E-state index contributed by atoms with van der Waals surface area (Å²) in [5.74, 6) is -0.585. The Bertz CT molecular complexity index is 248. The van der Waals surface area contributed by atoms with Gasteiger partial charge in [-0.3, -0.25) is 0 Å². The molecule has 1 aliphatic carbocycles. The molecule has 3 heteroatoms. The average Bonchev–Trinajstić information content (AvgIpc) is 3.07. The van der Waals surface area contributed by atoms with Crippen LogP contribution >= 0.6 is 0 Å². The summed E-state index contributed by atoms with van der Waals surface area (Å²) in [5.41, 5.74) is -0.954. The Kier molecular flexibility index (Phi) is 5.44. The molecule has 2 atom stereocenters. The zero-order valence-corrected chi connectivity index (χ0v) is 11.4. The van der Waals surface area contributed by atoms with Crippen LogP contribution in [-0.2, 0) is 9.53 Å². The minimum atomic E-state index is -0.954. The number of aliphatic carboxylic acids is 1. The third-order valence-electron chi connectivity index (χ3n) is 3.69. The van der Waals surface area contributed by atoms with Crippen molar-refractivity contribution in [3.8, 4) is 0 Å². The van der Waals surface area contributed by atoms with Crippen LogP contribution in [0.3, 0.4) is 0 Å². The van der Waals surface area contributed by atoms with E-state index in [1.165, 1.54) is 19.3 Å². The van der Waals surface area contributed by atoms with Crippen LogP contribution in [0.1, 0.15) is 65.7 Å². The largest absolute Gasteiger partial charge is 0.479 e. The Morgan fingerprint density at radius 1 is 1.41 bits per heavy atom. The van der Waals surface area contributed by atoms with E-state index in [0.29, 0.717) is 0 Å². The Hall–Kier alpha value is -0.570. The van der Waals surface area contributed by atoms with Gasteiger partial charge in [-0.2, -0.15) is 0 Å². The summed E-state index contributed by atoms with van der Waals surface area (Å²) in [5, 5.41) is 9.28. The highest BCUT2D eigenvalue weighted by atomic mass is 16.5. The maximum Gasteiger partial charge on any atom is 0.335 e. The minimum Gasteiger partial charge on any atom is -0.479 e. The SMILES string of the molecule is CCCCCCC(C)OC(C)(C(=O)O)C1CC1. The second-order valence-corrected chi connectivity index (χ2v) is 5.46. The maximum absolute atomic E-state index is 11.3. The molecule has 0 aliphatic heterocycles. The summed E-state index contributed by atoms with van der Waals surface area (Å²) in [6, 6.07) is 0. The number of carbonyl (C=O) groups is 1. The average molecular weight is 242 g/mol. The summed E-state index contributed by atoms with van der Waals surface area (Å²) in [6.07, 6.45) is 7.84. The molecular weight excluding hydrogens is 216 g/mol. The molecule has 1 aliphatic rings. The van der Waals surface area contributed by atoms with Crippen LogP contribution in [0.2, 0.25) is 0 Å². The summed E-state index contributed by atoms with van der Waals surface area (Å²) in [4.78, 5) is 11.3. The standard InChI is InChI=1S/C14H26O3/c1-4-5-6-7-8-11(2)17-14(3,13(15)16)12-9-10-12/h11-12H,4-10H2,1-3H3,(H,15,16). The van der Waals surface area contributed by atoms with Crippen molar-refractivity contribution >= 4 is 5.97 Å². The van der Waals surface area contributed by atoms with Crippen LogP contribution in [0.4, 0.5) is 0 Å². The van der Waals surface area contributed by atoms with E-state index in [1.807, 2.05) is 6.92 Å². The van der Waals surface area contributed by atoms with Gasteiger partial charge in [0.25, 0.3) is 0 Å². The fourth-order valence-electron chi connectivity index (χ4n) is 2.29. The molecule has 2 unspecified atom stereocenters. The lowest BCUT2D eigenvalue weighted by molar-refractivity contribution is -0.174. The van der Waals surface area contributed by atoms with E-state index in [-0.39, 0.29) is 12.0 Å². The van der Waals surface area contributed by atoms with Crippen molar-refractivity contribution in [1.29, 1.82) is 0 Å². The van der Waals surface area contributed by atoms with E-state index in [1.54, 1.807) is 6.92 Å². The molecule has 0 saturated heterocycles. The zero-order chi connectivity index (χ0) is 12.9. The second kappa shape index (κ2) is 6.39. The van der Waals surface area contributed by atoms with Crippen LogP contribution in [-0.4, -0.2) is 22.8 Å². The van der Waals surface area contributed by atoms with Gasteiger partial charge in [-0.25, -0.2) is 4.79 Å². The lowest BCUT2D eigenvalue weighted by atomic mass is 9.99. The predicted molar refractivity (Wildman–Crippen MR) is 68.1 cm³/mol. The predicted octanol–water partition coefficient (Wildman–Crippen LogP) is 3.62. The topological polar surface area (TPSA) is 46.5 Å². The van der Waals surface area contributed by atoms with Crippen molar-refractivity contribution in [2.75, 3.05) is 0 Å². The fourth-order valence-corrected chi connectivity index (χ4v) is 2.29. The van der Waals surface area contributed by atoms with E-state index in [4.69, 9.17) is 4.74 Å². The normalized spacial score (nSPS) is 20.9. The summed E-state index contributed by atoms with van der Waals surface area (Å²) >= 11 is 0. The smallest absolute Gasteiger partial charge is 0.335 e. The number of rotatable bonds is 9. The number of carboxylic acid groups (broad SMARTS) is 1. The Morgan fingerprint density at radius 2 is 2.06 bits per heavy atom.